The number of hydrogen-bond acceptors (Lipinski definition) is 4. The highest BCUT2D eigenvalue weighted by Crippen LogP contribution is 1.79. The van der Waals surface area contributed by atoms with Crippen molar-refractivity contribution in [2.24, 2.45) is 0 Å². The highest BCUT2D eigenvalue weighted by atomic mass is 17.0. The van der Waals surface area contributed by atoms with Crippen molar-refractivity contribution < 1.29 is 15.0 Å². The molecule has 0 aromatic rings. The van der Waals surface area contributed by atoms with Gasteiger partial charge in [0.15, 0.2) is 0 Å². The maximum Gasteiger partial charge on any atom is 0.297 e. The molecule has 0 aromatic carbocycles. The van der Waals surface area contributed by atoms with E-state index >= 15 is 0 Å². The quantitative estimate of drug-likeness (QED) is 0.288. The molecule has 5 heteroatoms. The molecule has 0 amide bonds. The molecule has 1 atom stereocenters. The summed E-state index contributed by atoms with van der Waals surface area (Å²) < 4.78 is 0. The summed E-state index contributed by atoms with van der Waals surface area (Å²) in [7, 11) is 0. The average molecular weight is 106 g/mol. The van der Waals surface area contributed by atoms with E-state index in [1.54, 1.807) is 0 Å². The molecule has 0 saturated heterocycles. The van der Waals surface area contributed by atoms with Crippen molar-refractivity contribution in [3.8, 4) is 0 Å². The van der Waals surface area contributed by atoms with Crippen LogP contribution in [0.4, 0.5) is 0 Å². The van der Waals surface area contributed by atoms with Gasteiger partial charge in [-0.15, -0.1) is 10.1 Å². The maximum atomic E-state index is 9.19. The lowest BCUT2D eigenvalue weighted by Crippen LogP contribution is -2.11. The standard InChI is InChI=1S/C2H4NO4/c1-2(4)7-3(5)6/h2,4H,1H2. The number of rotatable bonds is 2. The second-order valence-electron chi connectivity index (χ2n) is 0.784. The van der Waals surface area contributed by atoms with Gasteiger partial charge in [-0.25, -0.2) is 0 Å². The Balaban J connectivity index is 3.13. The van der Waals surface area contributed by atoms with Gasteiger partial charge < -0.3 is 5.11 Å². The fraction of sp³-hybridized carbons (Fsp3) is 0.500. The molecule has 0 heterocycles. The van der Waals surface area contributed by atoms with Crippen molar-refractivity contribution in [3.05, 3.63) is 17.0 Å². The molecule has 0 rings (SSSR count). The highest BCUT2D eigenvalue weighted by Gasteiger charge is 1.97. The second kappa shape index (κ2) is 2.35. The van der Waals surface area contributed by atoms with Crippen molar-refractivity contribution >= 4 is 0 Å². The summed E-state index contributed by atoms with van der Waals surface area (Å²) in [6.45, 7) is 2.77. The first kappa shape index (κ1) is 6.16. The molecule has 0 bridgehead atoms. The van der Waals surface area contributed by atoms with E-state index in [-0.39, 0.29) is 0 Å². The van der Waals surface area contributed by atoms with Crippen molar-refractivity contribution in [1.82, 2.24) is 0 Å². The molecule has 0 spiro atoms. The van der Waals surface area contributed by atoms with E-state index in [1.807, 2.05) is 0 Å². The number of hydrogen-bond donors (Lipinski definition) is 1. The molecule has 7 heavy (non-hydrogen) atoms. The zero-order valence-corrected chi connectivity index (χ0v) is 3.40. The first-order valence-electron chi connectivity index (χ1n) is 1.45. The molecule has 0 aliphatic rings. The minimum Gasteiger partial charge on any atom is -0.368 e. The predicted octanol–water partition coefficient (Wildman–Crippen LogP) is -0.653. The Kier molecular flexibility index (Phi) is 2.07. The van der Waals surface area contributed by atoms with Crippen LogP contribution in [0.25, 0.3) is 0 Å². The molecular weight excluding hydrogens is 102 g/mol. The molecule has 1 N–H and O–H groups in total. The number of aliphatic hydroxyl groups excluding tert-OH is 1. The lowest BCUT2D eigenvalue weighted by molar-refractivity contribution is -0.776. The minimum atomic E-state index is -1.57. The molecular formula is C2H4NO4. The van der Waals surface area contributed by atoms with E-state index in [0.717, 1.165) is 0 Å². The van der Waals surface area contributed by atoms with E-state index in [2.05, 4.69) is 11.8 Å². The van der Waals surface area contributed by atoms with Gasteiger partial charge >= 0.3 is 0 Å². The molecule has 0 aromatic heterocycles. The first-order valence-corrected chi connectivity index (χ1v) is 1.45. The molecule has 1 radical (unpaired) electrons. The summed E-state index contributed by atoms with van der Waals surface area (Å²) in [5.74, 6) is 0. The Morgan fingerprint density at radius 2 is 2.43 bits per heavy atom. The van der Waals surface area contributed by atoms with Gasteiger partial charge in [0, 0.05) is 6.92 Å². The molecule has 0 aliphatic carbocycles. The van der Waals surface area contributed by atoms with Gasteiger partial charge in [-0.3, -0.25) is 4.84 Å². The van der Waals surface area contributed by atoms with Crippen LogP contribution in [0.15, 0.2) is 0 Å². The van der Waals surface area contributed by atoms with Gasteiger partial charge in [-0.2, -0.15) is 0 Å². The Labute approximate surface area is 39.6 Å². The van der Waals surface area contributed by atoms with E-state index < -0.39 is 11.4 Å². The van der Waals surface area contributed by atoms with Gasteiger partial charge in [-0.05, 0) is 0 Å². The Morgan fingerprint density at radius 1 is 2.00 bits per heavy atom. The van der Waals surface area contributed by atoms with E-state index in [4.69, 9.17) is 5.11 Å². The van der Waals surface area contributed by atoms with E-state index in [9.17, 15) is 10.1 Å². The van der Waals surface area contributed by atoms with Gasteiger partial charge in [0.1, 0.15) is 0 Å². The average Bonchev–Trinajstić information content (AvgIpc) is 1.27. The SMILES string of the molecule is [CH2]C(O)O[N+](=O)[O-]. The topological polar surface area (TPSA) is 72.6 Å². The lowest BCUT2D eigenvalue weighted by Gasteiger charge is -1.96. The van der Waals surface area contributed by atoms with Crippen LogP contribution < -0.4 is 0 Å². The van der Waals surface area contributed by atoms with Crippen molar-refractivity contribution in [1.29, 1.82) is 0 Å². The van der Waals surface area contributed by atoms with Gasteiger partial charge in [-0.1, -0.05) is 0 Å². The fourth-order valence-electron chi connectivity index (χ4n) is 0.0993. The van der Waals surface area contributed by atoms with Crippen LogP contribution in [0, 0.1) is 17.0 Å². The summed E-state index contributed by atoms with van der Waals surface area (Å²) in [4.78, 5) is 12.6. The molecule has 0 fully saturated rings. The molecule has 5 nitrogen and oxygen atoms in total. The number of aliphatic hydroxyl groups is 1. The van der Waals surface area contributed by atoms with Gasteiger partial charge in [0.05, 0.1) is 0 Å². The van der Waals surface area contributed by atoms with Crippen molar-refractivity contribution in [2.45, 2.75) is 6.29 Å². The largest absolute Gasteiger partial charge is 0.368 e. The summed E-state index contributed by atoms with van der Waals surface area (Å²) in [6, 6.07) is 0. The van der Waals surface area contributed by atoms with Crippen molar-refractivity contribution in [3.63, 3.8) is 0 Å². The zero-order chi connectivity index (χ0) is 5.86. The Bertz CT molecular complexity index is 70.1. The summed E-state index contributed by atoms with van der Waals surface area (Å²) in [5, 5.41) is 16.0. The van der Waals surface area contributed by atoms with Gasteiger partial charge in [0.25, 0.3) is 5.09 Å². The molecule has 0 aliphatic heterocycles. The number of nitrogens with zero attached hydrogens (tertiary/aromatic N) is 1. The second-order valence-corrected chi connectivity index (χ2v) is 0.784. The highest BCUT2D eigenvalue weighted by molar-refractivity contribution is 4.31. The molecule has 1 unspecified atom stereocenters. The van der Waals surface area contributed by atoms with E-state index in [0.29, 0.717) is 0 Å². The van der Waals surface area contributed by atoms with Crippen molar-refractivity contribution in [2.75, 3.05) is 0 Å². The third-order valence-corrected chi connectivity index (χ3v) is 0.208. The summed E-state index contributed by atoms with van der Waals surface area (Å²) in [5.41, 5.74) is 0. The third-order valence-electron chi connectivity index (χ3n) is 0.208. The summed E-state index contributed by atoms with van der Waals surface area (Å²) in [6.07, 6.45) is -1.57. The Hall–Kier alpha value is -0.840. The maximum absolute atomic E-state index is 9.19. The van der Waals surface area contributed by atoms with Crippen LogP contribution in [0.5, 0.6) is 0 Å². The van der Waals surface area contributed by atoms with Crippen LogP contribution in [0.2, 0.25) is 0 Å². The minimum absolute atomic E-state index is 1.11. The van der Waals surface area contributed by atoms with Crippen LogP contribution in [0.3, 0.4) is 0 Å². The lowest BCUT2D eigenvalue weighted by atomic mass is 10.8. The zero-order valence-electron chi connectivity index (χ0n) is 3.40. The van der Waals surface area contributed by atoms with Crippen LogP contribution in [-0.4, -0.2) is 16.5 Å². The van der Waals surface area contributed by atoms with Crippen LogP contribution >= 0.6 is 0 Å². The van der Waals surface area contributed by atoms with Crippen LogP contribution in [-0.2, 0) is 4.84 Å². The molecule has 0 saturated carbocycles. The fourth-order valence-corrected chi connectivity index (χ4v) is 0.0993. The summed E-state index contributed by atoms with van der Waals surface area (Å²) >= 11 is 0. The molecule has 41 valence electrons. The first-order chi connectivity index (χ1) is 3.13. The van der Waals surface area contributed by atoms with Gasteiger partial charge in [0.2, 0.25) is 6.29 Å². The smallest absolute Gasteiger partial charge is 0.297 e. The Morgan fingerprint density at radius 3 is 2.43 bits per heavy atom. The normalized spacial score (nSPS) is 12.9. The van der Waals surface area contributed by atoms with E-state index in [1.165, 1.54) is 0 Å². The third kappa shape index (κ3) is 5.16. The predicted molar refractivity (Wildman–Crippen MR) is 19.4 cm³/mol. The monoisotopic (exact) mass is 106 g/mol. The van der Waals surface area contributed by atoms with Crippen LogP contribution in [0.1, 0.15) is 0 Å².